The molecule has 2 aromatic carbocycles. The standard InChI is InChI=1S/C28H33N5O3S/c1-18(29)26(32(2)30)21-16-23-25(31-17-21)22-10-7-11-24(37(3,34)35)28(22)33(23)27(19-8-5-4-6-9-19)20-12-14-36-15-13-20/h4-11,16-17,20,27H,12-15,29-30H2,1-3H3/b26-18-. The summed E-state index contributed by atoms with van der Waals surface area (Å²) in [7, 11) is -1.79. The summed E-state index contributed by atoms with van der Waals surface area (Å²) in [4.78, 5) is 5.14. The lowest BCUT2D eigenvalue weighted by Crippen LogP contribution is -2.27. The number of nitrogens with zero attached hydrogens (tertiary/aromatic N) is 3. The predicted molar refractivity (Wildman–Crippen MR) is 147 cm³/mol. The monoisotopic (exact) mass is 519 g/mol. The van der Waals surface area contributed by atoms with Crippen molar-refractivity contribution in [2.24, 2.45) is 17.5 Å². The van der Waals surface area contributed by atoms with Crippen molar-refractivity contribution in [1.82, 2.24) is 14.6 Å². The first-order valence-corrected chi connectivity index (χ1v) is 14.3. The number of hydrogen-bond acceptors (Lipinski definition) is 7. The highest BCUT2D eigenvalue weighted by Gasteiger charge is 2.32. The van der Waals surface area contributed by atoms with Gasteiger partial charge in [0, 0.05) is 49.4 Å². The number of fused-ring (bicyclic) bond motifs is 3. The molecule has 1 fully saturated rings. The van der Waals surface area contributed by atoms with E-state index in [9.17, 15) is 8.42 Å². The number of ether oxygens (including phenoxy) is 1. The number of rotatable bonds is 6. The van der Waals surface area contributed by atoms with Gasteiger partial charge in [-0.3, -0.25) is 4.98 Å². The van der Waals surface area contributed by atoms with E-state index in [1.165, 1.54) is 11.3 Å². The maximum atomic E-state index is 13.1. The number of allylic oxidation sites excluding steroid dienone is 1. The van der Waals surface area contributed by atoms with Crippen molar-refractivity contribution in [2.75, 3.05) is 26.5 Å². The zero-order valence-electron chi connectivity index (χ0n) is 21.4. The van der Waals surface area contributed by atoms with Gasteiger partial charge in [-0.05, 0) is 43.4 Å². The molecule has 0 spiro atoms. The van der Waals surface area contributed by atoms with E-state index in [2.05, 4.69) is 16.7 Å². The zero-order chi connectivity index (χ0) is 26.3. The van der Waals surface area contributed by atoms with Crippen LogP contribution < -0.4 is 11.6 Å². The molecule has 9 heteroatoms. The second-order valence-corrected chi connectivity index (χ2v) is 11.8. The maximum Gasteiger partial charge on any atom is 0.177 e. The Kier molecular flexibility index (Phi) is 6.70. The number of para-hydroxylation sites is 1. The quantitative estimate of drug-likeness (QED) is 0.291. The summed E-state index contributed by atoms with van der Waals surface area (Å²) < 4.78 is 34.0. The fraction of sp³-hybridized carbons (Fsp3) is 0.321. The maximum absolute atomic E-state index is 13.1. The van der Waals surface area contributed by atoms with Crippen LogP contribution in [0.3, 0.4) is 0 Å². The average Bonchev–Trinajstić information content (AvgIpc) is 3.18. The van der Waals surface area contributed by atoms with Gasteiger partial charge in [0.15, 0.2) is 9.84 Å². The molecule has 5 rings (SSSR count). The van der Waals surface area contributed by atoms with Gasteiger partial charge in [-0.15, -0.1) is 0 Å². The van der Waals surface area contributed by atoms with Gasteiger partial charge in [-0.1, -0.05) is 42.5 Å². The van der Waals surface area contributed by atoms with Crippen molar-refractivity contribution in [2.45, 2.75) is 30.7 Å². The summed E-state index contributed by atoms with van der Waals surface area (Å²) in [5, 5.41) is 2.29. The van der Waals surface area contributed by atoms with Crippen molar-refractivity contribution in [3.05, 3.63) is 77.6 Å². The molecule has 8 nitrogen and oxygen atoms in total. The van der Waals surface area contributed by atoms with Crippen molar-refractivity contribution in [3.63, 3.8) is 0 Å². The van der Waals surface area contributed by atoms with E-state index in [0.717, 1.165) is 40.4 Å². The van der Waals surface area contributed by atoms with Gasteiger partial charge in [-0.25, -0.2) is 14.3 Å². The van der Waals surface area contributed by atoms with Gasteiger partial charge in [0.1, 0.15) is 0 Å². The summed E-state index contributed by atoms with van der Waals surface area (Å²) in [6.45, 7) is 3.14. The van der Waals surface area contributed by atoms with Crippen LogP contribution in [0.15, 0.2) is 71.4 Å². The molecule has 0 amide bonds. The molecule has 4 N–H and O–H groups in total. The molecule has 0 aliphatic carbocycles. The molecular formula is C28H33N5O3S. The Bertz CT molecular complexity index is 1580. The SMILES string of the molecule is C/C(N)=C(\c1cnc2c3cccc(S(C)(=O)=O)c3n(C(c3ccccc3)C3CCOCC3)c2c1)N(C)N. The zero-order valence-corrected chi connectivity index (χ0v) is 22.2. The van der Waals surface area contributed by atoms with Gasteiger partial charge in [0.25, 0.3) is 0 Å². The van der Waals surface area contributed by atoms with E-state index >= 15 is 0 Å². The first-order valence-electron chi connectivity index (χ1n) is 12.4. The molecule has 1 aliphatic rings. The van der Waals surface area contributed by atoms with E-state index in [1.807, 2.05) is 30.3 Å². The Labute approximate surface area is 217 Å². The smallest absolute Gasteiger partial charge is 0.177 e. The fourth-order valence-electron chi connectivity index (χ4n) is 5.67. The third-order valence-electron chi connectivity index (χ3n) is 7.15. The highest BCUT2D eigenvalue weighted by Crippen LogP contribution is 2.42. The average molecular weight is 520 g/mol. The predicted octanol–water partition coefficient (Wildman–Crippen LogP) is 4.06. The van der Waals surface area contributed by atoms with Crippen molar-refractivity contribution in [3.8, 4) is 0 Å². The van der Waals surface area contributed by atoms with Gasteiger partial charge < -0.3 is 20.0 Å². The lowest BCUT2D eigenvalue weighted by atomic mass is 9.86. The summed E-state index contributed by atoms with van der Waals surface area (Å²) in [6, 6.07) is 17.6. The second kappa shape index (κ2) is 9.81. The Morgan fingerprint density at radius 2 is 1.84 bits per heavy atom. The molecule has 3 heterocycles. The van der Waals surface area contributed by atoms with E-state index in [0.29, 0.717) is 35.0 Å². The van der Waals surface area contributed by atoms with Crippen LogP contribution in [0.5, 0.6) is 0 Å². The second-order valence-electron chi connectivity index (χ2n) is 9.83. The van der Waals surface area contributed by atoms with Crippen LogP contribution in [0, 0.1) is 5.92 Å². The first kappa shape index (κ1) is 25.3. The normalized spacial score (nSPS) is 16.6. The molecule has 1 aliphatic heterocycles. The van der Waals surface area contributed by atoms with Gasteiger partial charge in [0.05, 0.1) is 33.2 Å². The summed E-state index contributed by atoms with van der Waals surface area (Å²) in [6.07, 6.45) is 4.75. The molecule has 1 unspecified atom stereocenters. The number of nitrogens with two attached hydrogens (primary N) is 2. The lowest BCUT2D eigenvalue weighted by molar-refractivity contribution is 0.0552. The molecule has 2 aromatic heterocycles. The summed E-state index contributed by atoms with van der Waals surface area (Å²) in [5.74, 6) is 6.39. The van der Waals surface area contributed by atoms with Crippen molar-refractivity contribution in [1.29, 1.82) is 0 Å². The number of pyridine rings is 1. The number of benzene rings is 2. The third kappa shape index (κ3) is 4.58. The van der Waals surface area contributed by atoms with E-state index < -0.39 is 9.84 Å². The molecule has 0 bridgehead atoms. The van der Waals surface area contributed by atoms with E-state index in [1.54, 1.807) is 32.3 Å². The molecule has 1 atom stereocenters. The molecule has 194 valence electrons. The van der Waals surface area contributed by atoms with Crippen LogP contribution in [0.1, 0.15) is 36.9 Å². The van der Waals surface area contributed by atoms with Gasteiger partial charge in [-0.2, -0.15) is 0 Å². The molecule has 37 heavy (non-hydrogen) atoms. The lowest BCUT2D eigenvalue weighted by Gasteiger charge is -2.33. The molecular weight excluding hydrogens is 486 g/mol. The van der Waals surface area contributed by atoms with E-state index in [-0.39, 0.29) is 12.0 Å². The third-order valence-corrected chi connectivity index (χ3v) is 8.28. The number of hydrogen-bond donors (Lipinski definition) is 2. The minimum absolute atomic E-state index is 0.118. The number of aromatic nitrogens is 2. The summed E-state index contributed by atoms with van der Waals surface area (Å²) in [5.41, 5.74) is 11.6. The Balaban J connectivity index is 1.93. The first-order chi connectivity index (χ1) is 17.7. The minimum Gasteiger partial charge on any atom is -0.401 e. The van der Waals surface area contributed by atoms with Gasteiger partial charge >= 0.3 is 0 Å². The fourth-order valence-corrected chi connectivity index (χ4v) is 6.55. The largest absolute Gasteiger partial charge is 0.401 e. The van der Waals surface area contributed by atoms with Crippen LogP contribution in [-0.2, 0) is 14.6 Å². The molecule has 0 saturated carbocycles. The van der Waals surface area contributed by atoms with Crippen molar-refractivity contribution < 1.29 is 13.2 Å². The topological polar surface area (TPSA) is 116 Å². The van der Waals surface area contributed by atoms with Gasteiger partial charge in [0.2, 0.25) is 0 Å². The van der Waals surface area contributed by atoms with Crippen LogP contribution in [0.4, 0.5) is 0 Å². The molecule has 4 aromatic rings. The highest BCUT2D eigenvalue weighted by molar-refractivity contribution is 7.91. The Morgan fingerprint density at radius 1 is 1.14 bits per heavy atom. The van der Waals surface area contributed by atoms with Crippen LogP contribution in [-0.4, -0.2) is 49.5 Å². The molecule has 0 radical (unpaired) electrons. The Morgan fingerprint density at radius 3 is 2.46 bits per heavy atom. The Hall–Kier alpha value is -3.40. The van der Waals surface area contributed by atoms with Crippen LogP contribution in [0.25, 0.3) is 27.6 Å². The van der Waals surface area contributed by atoms with Crippen molar-refractivity contribution >= 4 is 37.5 Å². The minimum atomic E-state index is -3.53. The van der Waals surface area contributed by atoms with E-state index in [4.69, 9.17) is 21.3 Å². The summed E-state index contributed by atoms with van der Waals surface area (Å²) >= 11 is 0. The number of hydrazine groups is 1. The number of sulfone groups is 1. The van der Waals surface area contributed by atoms with Crippen LogP contribution in [0.2, 0.25) is 0 Å². The highest BCUT2D eigenvalue weighted by atomic mass is 32.2. The molecule has 1 saturated heterocycles. The van der Waals surface area contributed by atoms with Crippen LogP contribution >= 0.6 is 0 Å².